The maximum Gasteiger partial charge on any atom is 0.573 e. The zero-order valence-corrected chi connectivity index (χ0v) is 18.1. The minimum absolute atomic E-state index is 0.0333. The number of benzene rings is 2. The molecule has 1 N–H and O–H groups in total. The molecule has 2 aromatic carbocycles. The number of hydrogen-bond donors (Lipinski definition) is 1. The molecule has 0 aromatic heterocycles. The van der Waals surface area contributed by atoms with E-state index in [1.54, 1.807) is 0 Å². The van der Waals surface area contributed by atoms with Gasteiger partial charge >= 0.3 is 12.5 Å². The average Bonchev–Trinajstić information content (AvgIpc) is 2.66. The SMILES string of the molecule is O=C(NC[C@H]1C[C@H](S(=O)(=O)c2cccc(C(F)(F)F)c2)C1)c1ccc(Cl)c(OC(F)(F)F)c1. The van der Waals surface area contributed by atoms with Crippen LogP contribution in [0.4, 0.5) is 26.3 Å². The van der Waals surface area contributed by atoms with E-state index in [1.807, 2.05) is 0 Å². The molecule has 33 heavy (non-hydrogen) atoms. The number of carbonyl (C=O) groups is 1. The van der Waals surface area contributed by atoms with E-state index in [2.05, 4.69) is 10.1 Å². The van der Waals surface area contributed by atoms with Crippen LogP contribution in [0.15, 0.2) is 47.4 Å². The van der Waals surface area contributed by atoms with Gasteiger partial charge in [-0.25, -0.2) is 8.42 Å². The first-order chi connectivity index (χ1) is 15.2. The molecule has 0 spiro atoms. The molecule has 1 aliphatic rings. The van der Waals surface area contributed by atoms with Crippen LogP contribution in [0.5, 0.6) is 5.75 Å². The normalized spacial score (nSPS) is 19.0. The summed E-state index contributed by atoms with van der Waals surface area (Å²) in [5, 5.41) is 1.25. The van der Waals surface area contributed by atoms with Gasteiger partial charge in [-0.2, -0.15) is 13.2 Å². The van der Waals surface area contributed by atoms with Crippen molar-refractivity contribution in [3.63, 3.8) is 0 Å². The summed E-state index contributed by atoms with van der Waals surface area (Å²) in [5.74, 6) is -1.73. The van der Waals surface area contributed by atoms with E-state index in [-0.39, 0.29) is 35.9 Å². The second-order valence-electron chi connectivity index (χ2n) is 7.43. The van der Waals surface area contributed by atoms with Crippen LogP contribution in [0.25, 0.3) is 0 Å². The van der Waals surface area contributed by atoms with Gasteiger partial charge in [0.25, 0.3) is 5.91 Å². The van der Waals surface area contributed by atoms with E-state index >= 15 is 0 Å². The van der Waals surface area contributed by atoms with Crippen molar-refractivity contribution in [2.45, 2.75) is 35.5 Å². The van der Waals surface area contributed by atoms with E-state index in [9.17, 15) is 39.6 Å². The highest BCUT2D eigenvalue weighted by atomic mass is 35.5. The number of ether oxygens (including phenoxy) is 1. The molecule has 1 aliphatic carbocycles. The van der Waals surface area contributed by atoms with Crippen LogP contribution in [0, 0.1) is 5.92 Å². The predicted molar refractivity (Wildman–Crippen MR) is 106 cm³/mol. The summed E-state index contributed by atoms with van der Waals surface area (Å²) in [6.07, 6.45) is -9.45. The minimum Gasteiger partial charge on any atom is -0.404 e. The quantitative estimate of drug-likeness (QED) is 0.534. The maximum absolute atomic E-state index is 12.9. The fourth-order valence-corrected chi connectivity index (χ4v) is 5.47. The summed E-state index contributed by atoms with van der Waals surface area (Å²) >= 11 is 5.63. The van der Waals surface area contributed by atoms with Gasteiger partial charge in [-0.1, -0.05) is 17.7 Å². The first kappa shape index (κ1) is 25.2. The van der Waals surface area contributed by atoms with Gasteiger partial charge in [0.05, 0.1) is 20.7 Å². The monoisotopic (exact) mass is 515 g/mol. The molecule has 2 aromatic rings. The zero-order chi connectivity index (χ0) is 24.6. The molecule has 13 heteroatoms. The Kier molecular flexibility index (Phi) is 6.90. The molecule has 1 fully saturated rings. The van der Waals surface area contributed by atoms with Crippen LogP contribution in [-0.4, -0.2) is 32.5 Å². The van der Waals surface area contributed by atoms with Crippen molar-refractivity contribution in [2.24, 2.45) is 5.92 Å². The third kappa shape index (κ3) is 6.11. The average molecular weight is 516 g/mol. The maximum atomic E-state index is 12.9. The van der Waals surface area contributed by atoms with Crippen LogP contribution in [0.2, 0.25) is 5.02 Å². The zero-order valence-electron chi connectivity index (χ0n) is 16.5. The van der Waals surface area contributed by atoms with Crippen LogP contribution >= 0.6 is 11.6 Å². The molecule has 0 bridgehead atoms. The van der Waals surface area contributed by atoms with Gasteiger partial charge < -0.3 is 10.1 Å². The molecule has 1 amide bonds. The second kappa shape index (κ2) is 9.05. The Hall–Kier alpha value is -2.47. The Morgan fingerprint density at radius 2 is 1.73 bits per heavy atom. The summed E-state index contributed by atoms with van der Waals surface area (Å²) in [5.41, 5.74) is -1.21. The van der Waals surface area contributed by atoms with Crippen molar-refractivity contribution in [2.75, 3.05) is 6.54 Å². The summed E-state index contributed by atoms with van der Waals surface area (Å²) in [4.78, 5) is 11.8. The predicted octanol–water partition coefficient (Wildman–Crippen LogP) is 5.24. The molecule has 180 valence electrons. The van der Waals surface area contributed by atoms with E-state index in [0.717, 1.165) is 30.3 Å². The van der Waals surface area contributed by atoms with Gasteiger partial charge in [0, 0.05) is 12.1 Å². The molecular formula is C20H16ClF6NO4S. The summed E-state index contributed by atoms with van der Waals surface area (Å²) in [6.45, 7) is 0.0333. The Morgan fingerprint density at radius 3 is 2.33 bits per heavy atom. The number of carbonyl (C=O) groups excluding carboxylic acids is 1. The third-order valence-corrected chi connectivity index (χ3v) is 7.58. The fourth-order valence-electron chi connectivity index (χ4n) is 3.32. The van der Waals surface area contributed by atoms with E-state index in [0.29, 0.717) is 6.07 Å². The molecule has 0 atom stereocenters. The first-order valence-corrected chi connectivity index (χ1v) is 11.3. The van der Waals surface area contributed by atoms with E-state index < -0.39 is 49.7 Å². The van der Waals surface area contributed by atoms with E-state index in [4.69, 9.17) is 11.6 Å². The summed E-state index contributed by atoms with van der Waals surface area (Å²) in [7, 11) is -3.99. The number of halogens is 7. The lowest BCUT2D eigenvalue weighted by Gasteiger charge is -2.35. The minimum atomic E-state index is -5.00. The van der Waals surface area contributed by atoms with Gasteiger partial charge in [0.15, 0.2) is 9.84 Å². The van der Waals surface area contributed by atoms with Crippen LogP contribution in [0.1, 0.15) is 28.8 Å². The topological polar surface area (TPSA) is 72.5 Å². The van der Waals surface area contributed by atoms with Crippen LogP contribution in [-0.2, 0) is 16.0 Å². The van der Waals surface area contributed by atoms with Crippen molar-refractivity contribution in [3.05, 3.63) is 58.6 Å². The standard InChI is InChI=1S/C20H16ClF6NO4S/c21-16-5-4-12(8-17(16)32-20(25,26)27)18(29)28-10-11-6-15(7-11)33(30,31)14-3-1-2-13(9-14)19(22,23)24/h1-5,8-9,11,15H,6-7,10H2,(H,28,29)/t11-,15-. The van der Waals surface area contributed by atoms with Gasteiger partial charge in [-0.15, -0.1) is 13.2 Å². The number of rotatable bonds is 6. The molecule has 3 rings (SSSR count). The fraction of sp³-hybridized carbons (Fsp3) is 0.350. The molecule has 5 nitrogen and oxygen atoms in total. The van der Waals surface area contributed by atoms with Crippen molar-refractivity contribution < 1.29 is 44.3 Å². The lowest BCUT2D eigenvalue weighted by atomic mass is 9.85. The molecule has 0 unspecified atom stereocenters. The third-order valence-electron chi connectivity index (χ3n) is 5.09. The molecule has 0 heterocycles. The molecule has 1 saturated carbocycles. The van der Waals surface area contributed by atoms with Gasteiger partial charge in [-0.05, 0) is 55.2 Å². The van der Waals surface area contributed by atoms with E-state index in [1.165, 1.54) is 6.07 Å². The number of alkyl halides is 6. The Balaban J connectivity index is 1.58. The van der Waals surface area contributed by atoms with Crippen molar-refractivity contribution in [1.82, 2.24) is 5.32 Å². The van der Waals surface area contributed by atoms with Crippen molar-refractivity contribution in [3.8, 4) is 5.75 Å². The number of hydrogen-bond acceptors (Lipinski definition) is 4. The molecular weight excluding hydrogens is 500 g/mol. The second-order valence-corrected chi connectivity index (χ2v) is 10.1. The summed E-state index contributed by atoms with van der Waals surface area (Å²) in [6, 6.07) is 6.58. The van der Waals surface area contributed by atoms with Crippen LogP contribution < -0.4 is 10.1 Å². The Labute approximate surface area is 189 Å². The highest BCUT2D eigenvalue weighted by Gasteiger charge is 2.40. The molecule has 0 aliphatic heterocycles. The van der Waals surface area contributed by atoms with Gasteiger partial charge in [-0.3, -0.25) is 4.79 Å². The summed E-state index contributed by atoms with van der Waals surface area (Å²) < 4.78 is 105. The van der Waals surface area contributed by atoms with Gasteiger partial charge in [0.2, 0.25) is 0 Å². The largest absolute Gasteiger partial charge is 0.573 e. The first-order valence-electron chi connectivity index (χ1n) is 9.41. The Bertz CT molecular complexity index is 1140. The smallest absolute Gasteiger partial charge is 0.404 e. The lowest BCUT2D eigenvalue weighted by molar-refractivity contribution is -0.274. The molecule has 0 saturated heterocycles. The number of nitrogens with one attached hydrogen (secondary N) is 1. The van der Waals surface area contributed by atoms with Crippen LogP contribution in [0.3, 0.4) is 0 Å². The molecule has 0 radical (unpaired) electrons. The highest BCUT2D eigenvalue weighted by molar-refractivity contribution is 7.92. The number of amides is 1. The van der Waals surface area contributed by atoms with Crippen molar-refractivity contribution in [1.29, 1.82) is 0 Å². The number of sulfone groups is 1. The lowest BCUT2D eigenvalue weighted by Crippen LogP contribution is -2.42. The van der Waals surface area contributed by atoms with Gasteiger partial charge in [0.1, 0.15) is 5.75 Å². The highest BCUT2D eigenvalue weighted by Crippen LogP contribution is 2.38. The van der Waals surface area contributed by atoms with Crippen molar-refractivity contribution >= 4 is 27.3 Å². The Morgan fingerprint density at radius 1 is 1.06 bits per heavy atom.